The van der Waals surface area contributed by atoms with Crippen molar-refractivity contribution >= 4 is 30.8 Å². The molecule has 0 heterocycles. The summed E-state index contributed by atoms with van der Waals surface area (Å²) in [4.78, 5) is 10.9. The second-order valence-electron chi connectivity index (χ2n) is 3.15. The van der Waals surface area contributed by atoms with Crippen molar-refractivity contribution in [2.75, 3.05) is 13.2 Å². The average molecular weight is 277 g/mol. The van der Waals surface area contributed by atoms with Crippen LogP contribution in [0.3, 0.4) is 0 Å². The Hall–Kier alpha value is -0.670. The molecule has 0 saturated heterocycles. The molecule has 0 aromatic heterocycles. The van der Waals surface area contributed by atoms with Gasteiger partial charge in [-0.2, -0.15) is 0 Å². The van der Waals surface area contributed by atoms with Crippen molar-refractivity contribution in [3.05, 3.63) is 28.8 Å². The Kier molecular flexibility index (Phi) is 5.34. The summed E-state index contributed by atoms with van der Waals surface area (Å²) >= 11 is 5.83. The van der Waals surface area contributed by atoms with Gasteiger partial charge in [-0.15, -0.1) is 0 Å². The Balaban J connectivity index is 3.30. The van der Waals surface area contributed by atoms with Gasteiger partial charge in [0.2, 0.25) is 0 Å². The topological polar surface area (TPSA) is 52.6 Å². The zero-order valence-electron chi connectivity index (χ0n) is 9.68. The number of halogens is 1. The molecule has 0 radical (unpaired) electrons. The van der Waals surface area contributed by atoms with Crippen LogP contribution in [0.15, 0.2) is 18.2 Å². The fraction of sp³-hybridized carbons (Fsp3) is 0.364. The van der Waals surface area contributed by atoms with Gasteiger partial charge in [-0.25, -0.2) is 0 Å². The second-order valence-corrected chi connectivity index (χ2v) is 5.58. The number of hydrogen-bond acceptors (Lipinski definition) is 4. The first-order valence-corrected chi connectivity index (χ1v) is 7.13. The van der Waals surface area contributed by atoms with Gasteiger partial charge in [0.05, 0.1) is 18.5 Å². The molecule has 0 atom stereocenters. The molecule has 1 aromatic carbocycles. The van der Waals surface area contributed by atoms with Crippen LogP contribution in [-0.2, 0) is 13.6 Å². The summed E-state index contributed by atoms with van der Waals surface area (Å²) < 4.78 is 22.8. The van der Waals surface area contributed by atoms with E-state index in [-0.39, 0.29) is 24.1 Å². The van der Waals surface area contributed by atoms with E-state index in [4.69, 9.17) is 20.6 Å². The molecule has 0 N–H and O–H groups in total. The molecule has 0 bridgehead atoms. The molecule has 17 heavy (non-hydrogen) atoms. The summed E-state index contributed by atoms with van der Waals surface area (Å²) in [5, 5.41) is 0.592. The number of aldehydes is 1. The molecule has 0 aliphatic carbocycles. The largest absolute Gasteiger partial charge is 0.362 e. The standard InChI is InChI=1S/C11H14ClO4P/c1-3-15-17(14,16-4-2)11-7-10(12)6-5-9(11)8-13/h5-8H,3-4H2,1-2H3. The SMILES string of the molecule is CCOP(=O)(OCC)c1cc(Cl)ccc1C=O. The summed E-state index contributed by atoms with van der Waals surface area (Å²) in [5.41, 5.74) is 0.264. The molecule has 1 rings (SSSR count). The highest BCUT2D eigenvalue weighted by Gasteiger charge is 2.29. The predicted octanol–water partition coefficient (Wildman–Crippen LogP) is 3.04. The predicted molar refractivity (Wildman–Crippen MR) is 67.3 cm³/mol. The van der Waals surface area contributed by atoms with Crippen molar-refractivity contribution in [2.45, 2.75) is 13.8 Å². The van der Waals surface area contributed by atoms with Gasteiger partial charge < -0.3 is 9.05 Å². The Morgan fingerprint density at radius 1 is 1.29 bits per heavy atom. The van der Waals surface area contributed by atoms with E-state index in [0.29, 0.717) is 11.3 Å². The number of hydrogen-bond donors (Lipinski definition) is 0. The average Bonchev–Trinajstić information content (AvgIpc) is 2.29. The number of benzene rings is 1. The third-order valence-corrected chi connectivity index (χ3v) is 4.42. The second kappa shape index (κ2) is 6.31. The summed E-state index contributed by atoms with van der Waals surface area (Å²) in [6, 6.07) is 4.49. The molecule has 1 aromatic rings. The van der Waals surface area contributed by atoms with Crippen LogP contribution in [-0.4, -0.2) is 19.5 Å². The number of carbonyl (C=O) groups is 1. The Labute approximate surface area is 105 Å². The summed E-state index contributed by atoms with van der Waals surface area (Å²) in [5.74, 6) is 0. The van der Waals surface area contributed by atoms with Crippen molar-refractivity contribution in [3.63, 3.8) is 0 Å². The van der Waals surface area contributed by atoms with Crippen molar-refractivity contribution in [1.82, 2.24) is 0 Å². The quantitative estimate of drug-likeness (QED) is 0.592. The molecule has 94 valence electrons. The van der Waals surface area contributed by atoms with Crippen LogP contribution >= 0.6 is 19.2 Å². The number of carbonyl (C=O) groups excluding carboxylic acids is 1. The van der Waals surface area contributed by atoms with E-state index >= 15 is 0 Å². The highest BCUT2D eigenvalue weighted by atomic mass is 35.5. The van der Waals surface area contributed by atoms with Gasteiger partial charge >= 0.3 is 7.60 Å². The third kappa shape index (κ3) is 3.39. The molecule has 0 aliphatic heterocycles. The molecule has 0 aliphatic rings. The zero-order chi connectivity index (χ0) is 12.9. The third-order valence-electron chi connectivity index (χ3n) is 2.01. The number of rotatable bonds is 6. The summed E-state index contributed by atoms with van der Waals surface area (Å²) in [6.45, 7) is 3.86. The van der Waals surface area contributed by atoms with Crippen molar-refractivity contribution in [2.24, 2.45) is 0 Å². The monoisotopic (exact) mass is 276 g/mol. The molecular formula is C11H14ClO4P. The van der Waals surface area contributed by atoms with E-state index < -0.39 is 7.60 Å². The molecule has 6 heteroatoms. The minimum absolute atomic E-state index is 0.212. The van der Waals surface area contributed by atoms with Gasteiger partial charge in [-0.1, -0.05) is 11.6 Å². The van der Waals surface area contributed by atoms with Gasteiger partial charge in [0.25, 0.3) is 0 Å². The molecular weight excluding hydrogens is 263 g/mol. The van der Waals surface area contributed by atoms with Crippen molar-refractivity contribution in [1.29, 1.82) is 0 Å². The zero-order valence-corrected chi connectivity index (χ0v) is 11.3. The highest BCUT2D eigenvalue weighted by molar-refractivity contribution is 7.62. The summed E-state index contributed by atoms with van der Waals surface area (Å²) in [6.07, 6.45) is 0.607. The van der Waals surface area contributed by atoms with Crippen molar-refractivity contribution < 1.29 is 18.4 Å². The Morgan fingerprint density at radius 3 is 2.35 bits per heavy atom. The maximum Gasteiger partial charge on any atom is 0.362 e. The maximum atomic E-state index is 12.5. The Morgan fingerprint density at radius 2 is 1.88 bits per heavy atom. The molecule has 0 saturated carbocycles. The lowest BCUT2D eigenvalue weighted by Gasteiger charge is -2.18. The van der Waals surface area contributed by atoms with Gasteiger partial charge in [0.15, 0.2) is 6.29 Å². The van der Waals surface area contributed by atoms with E-state index in [1.54, 1.807) is 19.9 Å². The van der Waals surface area contributed by atoms with E-state index in [0.717, 1.165) is 0 Å². The van der Waals surface area contributed by atoms with Gasteiger partial charge in [-0.3, -0.25) is 9.36 Å². The van der Waals surface area contributed by atoms with Crippen LogP contribution in [0.4, 0.5) is 0 Å². The van der Waals surface area contributed by atoms with Crippen LogP contribution in [0.1, 0.15) is 24.2 Å². The summed E-state index contributed by atoms with van der Waals surface area (Å²) in [7, 11) is -3.47. The first kappa shape index (κ1) is 14.4. The first-order chi connectivity index (χ1) is 8.07. The molecule has 0 unspecified atom stereocenters. The van der Waals surface area contributed by atoms with Crippen LogP contribution in [0.2, 0.25) is 5.02 Å². The lowest BCUT2D eigenvalue weighted by Crippen LogP contribution is -2.15. The van der Waals surface area contributed by atoms with Crippen LogP contribution in [0, 0.1) is 0 Å². The lowest BCUT2D eigenvalue weighted by molar-refractivity contribution is 0.112. The Bertz CT molecular complexity index is 437. The van der Waals surface area contributed by atoms with E-state index in [9.17, 15) is 9.36 Å². The van der Waals surface area contributed by atoms with E-state index in [1.807, 2.05) is 0 Å². The van der Waals surface area contributed by atoms with Gasteiger partial charge in [0, 0.05) is 10.6 Å². The van der Waals surface area contributed by atoms with Gasteiger partial charge in [0.1, 0.15) is 0 Å². The van der Waals surface area contributed by atoms with Crippen LogP contribution < -0.4 is 5.30 Å². The molecule has 0 amide bonds. The fourth-order valence-electron chi connectivity index (χ4n) is 1.37. The van der Waals surface area contributed by atoms with Crippen molar-refractivity contribution in [3.8, 4) is 0 Å². The first-order valence-electron chi connectivity index (χ1n) is 5.21. The van der Waals surface area contributed by atoms with Crippen LogP contribution in [0.25, 0.3) is 0 Å². The van der Waals surface area contributed by atoms with Crippen LogP contribution in [0.5, 0.6) is 0 Å². The smallest absolute Gasteiger partial charge is 0.305 e. The van der Waals surface area contributed by atoms with Gasteiger partial charge in [-0.05, 0) is 32.0 Å². The molecule has 0 fully saturated rings. The molecule has 4 nitrogen and oxygen atoms in total. The van der Waals surface area contributed by atoms with E-state index in [2.05, 4.69) is 0 Å². The normalized spacial score (nSPS) is 11.5. The maximum absolute atomic E-state index is 12.5. The molecule has 0 spiro atoms. The lowest BCUT2D eigenvalue weighted by atomic mass is 10.2. The fourth-order valence-corrected chi connectivity index (χ4v) is 3.39. The van der Waals surface area contributed by atoms with E-state index in [1.165, 1.54) is 12.1 Å². The minimum Gasteiger partial charge on any atom is -0.305 e. The minimum atomic E-state index is -3.47. The highest BCUT2D eigenvalue weighted by Crippen LogP contribution is 2.47.